The number of halogens is 2. The van der Waals surface area contributed by atoms with Crippen LogP contribution in [0.25, 0.3) is 0 Å². The molecule has 3 heteroatoms. The Morgan fingerprint density at radius 1 is 1.22 bits per heavy atom. The lowest BCUT2D eigenvalue weighted by molar-refractivity contribution is 0.558. The lowest BCUT2D eigenvalue weighted by Crippen LogP contribution is -1.88. The Hall–Kier alpha value is -0.990. The van der Waals surface area contributed by atoms with Gasteiger partial charge < -0.3 is 0 Å². The van der Waals surface area contributed by atoms with Gasteiger partial charge in [0.25, 0.3) is 0 Å². The molecule has 1 nitrogen and oxygen atoms in total. The number of nitrogens with zero attached hydrogens (tertiary/aromatic N) is 1. The summed E-state index contributed by atoms with van der Waals surface area (Å²) in [6, 6.07) is 0. The van der Waals surface area contributed by atoms with Crippen LogP contribution >= 0.6 is 0 Å². The molecule has 0 saturated heterocycles. The van der Waals surface area contributed by atoms with Crippen LogP contribution in [0, 0.1) is 18.6 Å². The summed E-state index contributed by atoms with van der Waals surface area (Å²) in [7, 11) is 0. The second-order valence-corrected chi connectivity index (χ2v) is 1.73. The van der Waals surface area contributed by atoms with Gasteiger partial charge in [-0.1, -0.05) is 0 Å². The predicted octanol–water partition coefficient (Wildman–Crippen LogP) is 1.67. The molecule has 1 aromatic rings. The Morgan fingerprint density at radius 3 is 2.00 bits per heavy atom. The fourth-order valence-electron chi connectivity index (χ4n) is 0.476. The highest BCUT2D eigenvalue weighted by molar-refractivity contribution is 5.11. The van der Waals surface area contributed by atoms with Crippen molar-refractivity contribution in [3.05, 3.63) is 29.6 Å². The molecule has 0 aliphatic carbocycles. The van der Waals surface area contributed by atoms with Crippen LogP contribution in [0.1, 0.15) is 5.56 Å². The highest BCUT2D eigenvalue weighted by Gasteiger charge is 2.00. The Bertz CT molecular complexity index is 202. The molecule has 0 aromatic carbocycles. The molecule has 0 N–H and O–H groups in total. The molecule has 0 unspecified atom stereocenters. The summed E-state index contributed by atoms with van der Waals surface area (Å²) < 4.78 is 24.6. The first-order chi connectivity index (χ1) is 4.22. The summed E-state index contributed by atoms with van der Waals surface area (Å²) in [4.78, 5) is 3.29. The molecule has 1 heterocycles. The second-order valence-electron chi connectivity index (χ2n) is 1.73. The molecule has 9 heavy (non-hydrogen) atoms. The van der Waals surface area contributed by atoms with Gasteiger partial charge in [0.2, 0.25) is 0 Å². The second kappa shape index (κ2) is 2.09. The van der Waals surface area contributed by atoms with Gasteiger partial charge in [-0.25, -0.2) is 8.78 Å². The van der Waals surface area contributed by atoms with E-state index >= 15 is 0 Å². The fourth-order valence-corrected chi connectivity index (χ4v) is 0.476. The summed E-state index contributed by atoms with van der Waals surface area (Å²) >= 11 is 0. The van der Waals surface area contributed by atoms with Gasteiger partial charge in [0.15, 0.2) is 0 Å². The first-order valence-corrected chi connectivity index (χ1v) is 2.47. The number of pyridine rings is 1. The van der Waals surface area contributed by atoms with Crippen molar-refractivity contribution < 1.29 is 8.78 Å². The maximum atomic E-state index is 12.3. The molecule has 0 amide bonds. The minimum atomic E-state index is -0.602. The van der Waals surface area contributed by atoms with E-state index in [9.17, 15) is 8.78 Å². The summed E-state index contributed by atoms with van der Waals surface area (Å²) in [5.74, 6) is -1.20. The van der Waals surface area contributed by atoms with E-state index in [1.54, 1.807) is 0 Å². The van der Waals surface area contributed by atoms with E-state index in [-0.39, 0.29) is 5.56 Å². The van der Waals surface area contributed by atoms with Gasteiger partial charge in [-0.05, 0) is 6.92 Å². The molecule has 0 aliphatic heterocycles. The van der Waals surface area contributed by atoms with Gasteiger partial charge in [-0.3, -0.25) is 4.98 Å². The molecular weight excluding hydrogens is 124 g/mol. The van der Waals surface area contributed by atoms with Crippen LogP contribution in [-0.2, 0) is 0 Å². The maximum absolute atomic E-state index is 12.3. The summed E-state index contributed by atoms with van der Waals surface area (Å²) in [6.45, 7) is 1.37. The average Bonchev–Trinajstić information content (AvgIpc) is 1.83. The topological polar surface area (TPSA) is 12.9 Å². The van der Waals surface area contributed by atoms with E-state index in [0.717, 1.165) is 12.4 Å². The van der Waals surface area contributed by atoms with Crippen molar-refractivity contribution in [1.82, 2.24) is 4.98 Å². The van der Waals surface area contributed by atoms with Crippen LogP contribution in [0.15, 0.2) is 12.4 Å². The van der Waals surface area contributed by atoms with Gasteiger partial charge in [0, 0.05) is 5.56 Å². The first-order valence-electron chi connectivity index (χ1n) is 2.47. The minimum Gasteiger partial charge on any atom is -0.259 e. The van der Waals surface area contributed by atoms with Crippen LogP contribution < -0.4 is 0 Å². The zero-order valence-electron chi connectivity index (χ0n) is 4.86. The zero-order valence-corrected chi connectivity index (χ0v) is 4.86. The quantitative estimate of drug-likeness (QED) is 0.519. The fraction of sp³-hybridized carbons (Fsp3) is 0.167. The van der Waals surface area contributed by atoms with Crippen molar-refractivity contribution in [1.29, 1.82) is 0 Å². The number of hydrogen-bond donors (Lipinski definition) is 0. The SMILES string of the molecule is Cc1c(F)cncc1F. The smallest absolute Gasteiger partial charge is 0.147 e. The Labute approximate surface area is 51.3 Å². The molecular formula is C6H5F2N. The van der Waals surface area contributed by atoms with E-state index in [4.69, 9.17) is 0 Å². The summed E-state index contributed by atoms with van der Waals surface area (Å²) in [6.07, 6.45) is 1.97. The summed E-state index contributed by atoms with van der Waals surface area (Å²) in [5.41, 5.74) is 0.0185. The van der Waals surface area contributed by atoms with Crippen molar-refractivity contribution in [2.24, 2.45) is 0 Å². The minimum absolute atomic E-state index is 0.0185. The van der Waals surface area contributed by atoms with E-state index < -0.39 is 11.6 Å². The highest BCUT2D eigenvalue weighted by Crippen LogP contribution is 2.06. The average molecular weight is 129 g/mol. The van der Waals surface area contributed by atoms with Crippen molar-refractivity contribution in [3.8, 4) is 0 Å². The molecule has 0 aliphatic rings. The monoisotopic (exact) mass is 129 g/mol. The van der Waals surface area contributed by atoms with Gasteiger partial charge >= 0.3 is 0 Å². The number of rotatable bonds is 0. The molecule has 0 spiro atoms. The van der Waals surface area contributed by atoms with Crippen molar-refractivity contribution >= 4 is 0 Å². The summed E-state index contributed by atoms with van der Waals surface area (Å²) in [5, 5.41) is 0. The first kappa shape index (κ1) is 6.13. The third kappa shape index (κ3) is 1.04. The van der Waals surface area contributed by atoms with Crippen LogP contribution in [0.3, 0.4) is 0 Å². The van der Waals surface area contributed by atoms with Gasteiger partial charge in [-0.15, -0.1) is 0 Å². The van der Waals surface area contributed by atoms with E-state index in [2.05, 4.69) is 4.98 Å². The number of aromatic nitrogens is 1. The molecule has 1 aromatic heterocycles. The Balaban J connectivity index is 3.25. The van der Waals surface area contributed by atoms with E-state index in [1.807, 2.05) is 0 Å². The molecule has 0 saturated carbocycles. The largest absolute Gasteiger partial charge is 0.259 e. The lowest BCUT2D eigenvalue weighted by Gasteiger charge is -1.93. The van der Waals surface area contributed by atoms with E-state index in [0.29, 0.717) is 0 Å². The number of hydrogen-bond acceptors (Lipinski definition) is 1. The van der Waals surface area contributed by atoms with Crippen molar-refractivity contribution in [2.75, 3.05) is 0 Å². The lowest BCUT2D eigenvalue weighted by atomic mass is 10.3. The molecule has 0 bridgehead atoms. The zero-order chi connectivity index (χ0) is 6.85. The van der Waals surface area contributed by atoms with Crippen LogP contribution in [-0.4, -0.2) is 4.98 Å². The van der Waals surface area contributed by atoms with Crippen molar-refractivity contribution in [2.45, 2.75) is 6.92 Å². The predicted molar refractivity (Wildman–Crippen MR) is 28.9 cm³/mol. The third-order valence-corrected chi connectivity index (χ3v) is 1.09. The molecule has 48 valence electrons. The van der Waals surface area contributed by atoms with E-state index in [1.165, 1.54) is 6.92 Å². The van der Waals surface area contributed by atoms with Gasteiger partial charge in [-0.2, -0.15) is 0 Å². The molecule has 1 rings (SSSR count). The van der Waals surface area contributed by atoms with Gasteiger partial charge in [0.1, 0.15) is 11.6 Å². The Morgan fingerprint density at radius 2 is 1.67 bits per heavy atom. The molecule has 0 atom stereocenters. The van der Waals surface area contributed by atoms with Crippen molar-refractivity contribution in [3.63, 3.8) is 0 Å². The standard InChI is InChI=1S/C6H5F2N/c1-4-5(7)2-9-3-6(4)8/h2-3H,1H3. The van der Waals surface area contributed by atoms with Crippen LogP contribution in [0.5, 0.6) is 0 Å². The highest BCUT2D eigenvalue weighted by atomic mass is 19.1. The molecule has 0 fully saturated rings. The Kier molecular flexibility index (Phi) is 1.42. The van der Waals surface area contributed by atoms with Crippen LogP contribution in [0.2, 0.25) is 0 Å². The van der Waals surface area contributed by atoms with Crippen LogP contribution in [0.4, 0.5) is 8.78 Å². The third-order valence-electron chi connectivity index (χ3n) is 1.09. The maximum Gasteiger partial charge on any atom is 0.147 e. The molecule has 0 radical (unpaired) electrons. The van der Waals surface area contributed by atoms with Gasteiger partial charge in [0.05, 0.1) is 12.4 Å². The normalized spacial score (nSPS) is 9.67.